The summed E-state index contributed by atoms with van der Waals surface area (Å²) >= 11 is 5.64. The second-order valence-corrected chi connectivity index (χ2v) is 4.55. The molecule has 0 bridgehead atoms. The van der Waals surface area contributed by atoms with Gasteiger partial charge in [0.25, 0.3) is 0 Å². The Hall–Kier alpha value is -1.27. The van der Waals surface area contributed by atoms with Gasteiger partial charge >= 0.3 is 6.18 Å². The smallest absolute Gasteiger partial charge is 0.383 e. The first-order valence-corrected chi connectivity index (χ1v) is 6.40. The number of nitrogens with one attached hydrogen (secondary N) is 1. The van der Waals surface area contributed by atoms with Crippen LogP contribution in [-0.2, 0) is 22.1 Å². The van der Waals surface area contributed by atoms with Gasteiger partial charge in [-0.15, -0.1) is 11.6 Å². The molecule has 0 spiro atoms. The molecule has 1 atom stereocenters. The normalized spacial score (nSPS) is 13.1. The van der Waals surface area contributed by atoms with Crippen molar-refractivity contribution in [3.63, 3.8) is 0 Å². The molecule has 112 valence electrons. The molecule has 0 fully saturated rings. The summed E-state index contributed by atoms with van der Waals surface area (Å²) in [5, 5.41) is 2.64. The van der Waals surface area contributed by atoms with Crippen LogP contribution in [0.1, 0.15) is 11.1 Å². The van der Waals surface area contributed by atoms with Gasteiger partial charge in [0.05, 0.1) is 24.6 Å². The number of methoxy groups -OCH3 is 1. The highest BCUT2D eigenvalue weighted by Crippen LogP contribution is 2.29. The molecular weight excluding hydrogens is 295 g/mol. The summed E-state index contributed by atoms with van der Waals surface area (Å²) in [4.78, 5) is 11.7. The summed E-state index contributed by atoms with van der Waals surface area (Å²) in [6, 6.07) is 4.17. The number of benzene rings is 1. The van der Waals surface area contributed by atoms with Crippen LogP contribution in [0.5, 0.6) is 0 Å². The van der Waals surface area contributed by atoms with Crippen LogP contribution in [0.4, 0.5) is 13.2 Å². The van der Waals surface area contributed by atoms with Gasteiger partial charge in [0.1, 0.15) is 0 Å². The van der Waals surface area contributed by atoms with Crippen molar-refractivity contribution in [1.29, 1.82) is 0 Å². The van der Waals surface area contributed by atoms with E-state index in [1.165, 1.54) is 19.2 Å². The van der Waals surface area contributed by atoms with Crippen molar-refractivity contribution in [3.05, 3.63) is 35.4 Å². The number of rotatable bonds is 6. The molecule has 0 aliphatic rings. The van der Waals surface area contributed by atoms with E-state index >= 15 is 0 Å². The maximum Gasteiger partial charge on any atom is 0.416 e. The van der Waals surface area contributed by atoms with Crippen molar-refractivity contribution >= 4 is 17.5 Å². The lowest BCUT2D eigenvalue weighted by Crippen LogP contribution is -2.40. The topological polar surface area (TPSA) is 38.3 Å². The van der Waals surface area contributed by atoms with E-state index in [-0.39, 0.29) is 30.9 Å². The second-order valence-electron chi connectivity index (χ2n) is 4.25. The third-order valence-electron chi connectivity index (χ3n) is 2.57. The lowest BCUT2D eigenvalue weighted by molar-refractivity contribution is -0.137. The van der Waals surface area contributed by atoms with Gasteiger partial charge in [-0.2, -0.15) is 13.2 Å². The minimum Gasteiger partial charge on any atom is -0.383 e. The summed E-state index contributed by atoms with van der Waals surface area (Å²) in [5.41, 5.74) is -0.235. The molecule has 0 aromatic heterocycles. The van der Waals surface area contributed by atoms with E-state index in [1.807, 2.05) is 0 Å². The number of carbonyl (C=O) groups excluding carboxylic acids is 1. The molecule has 1 N–H and O–H groups in total. The first-order chi connectivity index (χ1) is 9.36. The monoisotopic (exact) mass is 309 g/mol. The zero-order chi connectivity index (χ0) is 15.2. The zero-order valence-electron chi connectivity index (χ0n) is 10.8. The number of alkyl halides is 4. The Balaban J connectivity index is 2.58. The highest BCUT2D eigenvalue weighted by atomic mass is 35.5. The van der Waals surface area contributed by atoms with E-state index in [9.17, 15) is 18.0 Å². The van der Waals surface area contributed by atoms with Gasteiger partial charge in [-0.25, -0.2) is 0 Å². The van der Waals surface area contributed by atoms with Crippen molar-refractivity contribution in [3.8, 4) is 0 Å². The van der Waals surface area contributed by atoms with E-state index in [1.54, 1.807) is 0 Å². The van der Waals surface area contributed by atoms with Crippen molar-refractivity contribution in [2.45, 2.75) is 18.6 Å². The highest BCUT2D eigenvalue weighted by Gasteiger charge is 2.29. The van der Waals surface area contributed by atoms with Crippen LogP contribution in [0.15, 0.2) is 24.3 Å². The number of halogens is 4. The number of ether oxygens (including phenoxy) is 1. The van der Waals surface area contributed by atoms with Gasteiger partial charge in [0, 0.05) is 13.0 Å². The van der Waals surface area contributed by atoms with Crippen LogP contribution >= 0.6 is 11.6 Å². The molecular formula is C13H15ClF3NO2. The van der Waals surface area contributed by atoms with E-state index < -0.39 is 11.7 Å². The van der Waals surface area contributed by atoms with Gasteiger partial charge in [-0.3, -0.25) is 4.79 Å². The summed E-state index contributed by atoms with van der Waals surface area (Å²) in [6.07, 6.45) is -4.38. The molecule has 1 unspecified atom stereocenters. The van der Waals surface area contributed by atoms with Crippen LogP contribution in [0, 0.1) is 0 Å². The minimum absolute atomic E-state index is 0.00472. The summed E-state index contributed by atoms with van der Waals surface area (Å²) < 4.78 is 42.0. The largest absolute Gasteiger partial charge is 0.416 e. The van der Waals surface area contributed by atoms with Gasteiger partial charge in [0.15, 0.2) is 0 Å². The molecule has 0 saturated heterocycles. The molecule has 0 radical (unpaired) electrons. The molecule has 1 aromatic rings. The third kappa shape index (κ3) is 5.38. The predicted molar refractivity (Wildman–Crippen MR) is 69.7 cm³/mol. The Morgan fingerprint density at radius 3 is 2.40 bits per heavy atom. The quantitative estimate of drug-likeness (QED) is 0.820. The summed E-state index contributed by atoms with van der Waals surface area (Å²) in [6.45, 7) is 0.280. The molecule has 0 saturated carbocycles. The lowest BCUT2D eigenvalue weighted by atomic mass is 10.1. The van der Waals surface area contributed by atoms with Gasteiger partial charge < -0.3 is 10.1 Å². The zero-order valence-corrected chi connectivity index (χ0v) is 11.6. The van der Waals surface area contributed by atoms with E-state index in [4.69, 9.17) is 16.3 Å². The second kappa shape index (κ2) is 7.50. The maximum absolute atomic E-state index is 12.4. The van der Waals surface area contributed by atoms with Crippen molar-refractivity contribution in [2.75, 3.05) is 19.6 Å². The van der Waals surface area contributed by atoms with Gasteiger partial charge in [-0.05, 0) is 17.7 Å². The van der Waals surface area contributed by atoms with Crippen LogP contribution in [0.3, 0.4) is 0 Å². The van der Waals surface area contributed by atoms with E-state index in [2.05, 4.69) is 5.32 Å². The molecule has 0 aliphatic heterocycles. The molecule has 3 nitrogen and oxygen atoms in total. The van der Waals surface area contributed by atoms with Gasteiger partial charge in [-0.1, -0.05) is 12.1 Å². The molecule has 0 aliphatic carbocycles. The Morgan fingerprint density at radius 2 is 1.95 bits per heavy atom. The molecule has 1 amide bonds. The highest BCUT2D eigenvalue weighted by molar-refractivity contribution is 6.18. The number of amides is 1. The average molecular weight is 310 g/mol. The lowest BCUT2D eigenvalue weighted by Gasteiger charge is -2.15. The average Bonchev–Trinajstić information content (AvgIpc) is 2.37. The van der Waals surface area contributed by atoms with Crippen molar-refractivity contribution in [1.82, 2.24) is 5.32 Å². The molecule has 1 rings (SSSR count). The van der Waals surface area contributed by atoms with Crippen LogP contribution in [0.25, 0.3) is 0 Å². The first kappa shape index (κ1) is 16.8. The minimum atomic E-state index is -4.37. The molecule has 20 heavy (non-hydrogen) atoms. The molecule has 7 heteroatoms. The fraction of sp³-hybridized carbons (Fsp3) is 0.462. The van der Waals surface area contributed by atoms with Crippen molar-refractivity contribution in [2.24, 2.45) is 0 Å². The number of carbonyl (C=O) groups is 1. The van der Waals surface area contributed by atoms with E-state index in [0.717, 1.165) is 12.1 Å². The SMILES string of the molecule is COCC(CCl)NC(=O)Cc1ccc(C(F)(F)F)cc1. The van der Waals surface area contributed by atoms with Crippen LogP contribution < -0.4 is 5.32 Å². The summed E-state index contributed by atoms with van der Waals surface area (Å²) in [7, 11) is 1.49. The van der Waals surface area contributed by atoms with Crippen LogP contribution in [-0.4, -0.2) is 31.5 Å². The third-order valence-corrected chi connectivity index (χ3v) is 2.94. The van der Waals surface area contributed by atoms with Crippen molar-refractivity contribution < 1.29 is 22.7 Å². The Bertz CT molecular complexity index is 434. The Morgan fingerprint density at radius 1 is 1.35 bits per heavy atom. The Kier molecular flexibility index (Phi) is 6.29. The number of hydrogen-bond acceptors (Lipinski definition) is 2. The summed E-state index contributed by atoms with van der Waals surface area (Å²) in [5.74, 6) is -0.112. The van der Waals surface area contributed by atoms with E-state index in [0.29, 0.717) is 5.56 Å². The standard InChI is InChI=1S/C13H15ClF3NO2/c1-20-8-11(7-14)18-12(19)6-9-2-4-10(5-3-9)13(15,16)17/h2-5,11H,6-8H2,1H3,(H,18,19). The first-order valence-electron chi connectivity index (χ1n) is 5.87. The van der Waals surface area contributed by atoms with Crippen LogP contribution in [0.2, 0.25) is 0 Å². The fourth-order valence-corrected chi connectivity index (χ4v) is 1.77. The number of hydrogen-bond donors (Lipinski definition) is 1. The molecule has 0 heterocycles. The Labute approximate surface area is 120 Å². The maximum atomic E-state index is 12.4. The fourth-order valence-electron chi connectivity index (χ4n) is 1.60. The predicted octanol–water partition coefficient (Wildman–Crippen LogP) is 2.62. The molecule has 1 aromatic carbocycles. The van der Waals surface area contributed by atoms with Gasteiger partial charge in [0.2, 0.25) is 5.91 Å².